The maximum Gasteiger partial charge on any atom is 0.264 e. The average Bonchev–Trinajstić information content (AvgIpc) is 2.63. The van der Waals surface area contributed by atoms with Gasteiger partial charge in [-0.15, -0.1) is 5.10 Å². The highest BCUT2D eigenvalue weighted by Crippen LogP contribution is 2.19. The van der Waals surface area contributed by atoms with Crippen LogP contribution in [0.5, 0.6) is 11.6 Å². The van der Waals surface area contributed by atoms with Crippen LogP contribution >= 0.6 is 11.6 Å². The Morgan fingerprint density at radius 2 is 1.72 bits per heavy atom. The van der Waals surface area contributed by atoms with Crippen LogP contribution in [0.2, 0.25) is 5.02 Å². The Kier molecular flexibility index (Phi) is 5.06. The Morgan fingerprint density at radius 3 is 2.36 bits per heavy atom. The van der Waals surface area contributed by atoms with E-state index in [0.717, 1.165) is 5.56 Å². The fourth-order valence-electron chi connectivity index (χ4n) is 2.04. The number of ether oxygens (including phenoxy) is 1. The maximum atomic E-state index is 12.2. The summed E-state index contributed by atoms with van der Waals surface area (Å²) in [6, 6.07) is 16.6. The monoisotopic (exact) mass is 352 g/mol. The highest BCUT2D eigenvalue weighted by Gasteiger charge is 2.04. The van der Waals surface area contributed by atoms with Gasteiger partial charge in [0.15, 0.2) is 5.78 Å². The molecule has 0 saturated carbocycles. The fraction of sp³-hybridized carbons (Fsp3) is 0. The number of ketones is 1. The zero-order valence-electron chi connectivity index (χ0n) is 13.0. The summed E-state index contributed by atoms with van der Waals surface area (Å²) in [7, 11) is 0. The molecule has 124 valence electrons. The minimum Gasteiger partial charge on any atom is -0.438 e. The van der Waals surface area contributed by atoms with Crippen LogP contribution in [0.15, 0.2) is 71.5 Å². The third-order valence-corrected chi connectivity index (χ3v) is 3.56. The molecule has 0 aliphatic carbocycles. The molecule has 3 rings (SSSR count). The zero-order valence-corrected chi connectivity index (χ0v) is 13.7. The largest absolute Gasteiger partial charge is 0.438 e. The van der Waals surface area contributed by atoms with Crippen molar-refractivity contribution >= 4 is 23.5 Å². The molecule has 2 aromatic carbocycles. The van der Waals surface area contributed by atoms with Gasteiger partial charge in [0.05, 0.1) is 0 Å². The Labute approximate surface area is 148 Å². The second-order valence-electron chi connectivity index (χ2n) is 5.14. The van der Waals surface area contributed by atoms with Crippen LogP contribution in [-0.4, -0.2) is 16.0 Å². The van der Waals surface area contributed by atoms with Gasteiger partial charge in [-0.3, -0.25) is 9.59 Å². The lowest BCUT2D eigenvalue weighted by Crippen LogP contribution is -2.05. The lowest BCUT2D eigenvalue weighted by Gasteiger charge is -2.04. The lowest BCUT2D eigenvalue weighted by molar-refractivity contribution is 0.104. The van der Waals surface area contributed by atoms with E-state index in [4.69, 9.17) is 16.3 Å². The van der Waals surface area contributed by atoms with Gasteiger partial charge >= 0.3 is 0 Å². The first kappa shape index (κ1) is 16.7. The van der Waals surface area contributed by atoms with Gasteiger partial charge in [0.2, 0.25) is 5.88 Å². The molecule has 0 spiro atoms. The molecule has 1 aromatic heterocycles. The Hall–Kier alpha value is -3.18. The molecule has 0 aliphatic rings. The molecule has 1 N–H and O–H groups in total. The van der Waals surface area contributed by atoms with Crippen LogP contribution < -0.4 is 10.3 Å². The van der Waals surface area contributed by atoms with Gasteiger partial charge < -0.3 is 4.74 Å². The number of hydrogen-bond donors (Lipinski definition) is 1. The number of nitrogens with zero attached hydrogens (tertiary/aromatic N) is 1. The number of aromatic amines is 1. The number of aromatic nitrogens is 2. The minimum atomic E-state index is -0.305. The van der Waals surface area contributed by atoms with Crippen molar-refractivity contribution in [2.24, 2.45) is 0 Å². The summed E-state index contributed by atoms with van der Waals surface area (Å²) < 4.78 is 5.49. The molecule has 3 aromatic rings. The average molecular weight is 353 g/mol. The third kappa shape index (κ3) is 4.65. The van der Waals surface area contributed by atoms with Gasteiger partial charge in [0.1, 0.15) is 5.75 Å². The van der Waals surface area contributed by atoms with E-state index in [2.05, 4.69) is 10.2 Å². The van der Waals surface area contributed by atoms with Crippen molar-refractivity contribution in [3.63, 3.8) is 0 Å². The quantitative estimate of drug-likeness (QED) is 0.554. The van der Waals surface area contributed by atoms with Gasteiger partial charge in [-0.25, -0.2) is 5.10 Å². The molecular formula is C19H13ClN2O3. The Bertz CT molecular complexity index is 941. The number of H-pyrrole nitrogens is 1. The first-order valence-electron chi connectivity index (χ1n) is 7.42. The van der Waals surface area contributed by atoms with Crippen molar-refractivity contribution in [1.82, 2.24) is 10.2 Å². The molecule has 0 fully saturated rings. The van der Waals surface area contributed by atoms with Crippen molar-refractivity contribution in [2.75, 3.05) is 0 Å². The summed E-state index contributed by atoms with van der Waals surface area (Å²) in [5.41, 5.74) is 1.12. The van der Waals surface area contributed by atoms with Crippen molar-refractivity contribution < 1.29 is 9.53 Å². The molecule has 5 nitrogen and oxygen atoms in total. The summed E-state index contributed by atoms with van der Waals surface area (Å²) in [4.78, 5) is 23.1. The SMILES string of the molecule is O=C(C=Cc1ccc(Cl)cc1)c1ccc(Oc2ccc(=O)[nH]n2)cc1. The molecule has 0 aliphatic heterocycles. The fourth-order valence-corrected chi connectivity index (χ4v) is 2.16. The standard InChI is InChI=1S/C19H13ClN2O3/c20-15-6-1-13(2-7-15)3-10-17(23)14-4-8-16(9-5-14)25-19-12-11-18(24)21-22-19/h1-12H,(H,21,24). The number of carbonyl (C=O) groups is 1. The predicted octanol–water partition coefficient (Wildman–Crippen LogP) is 4.11. The predicted molar refractivity (Wildman–Crippen MR) is 96.2 cm³/mol. The normalized spacial score (nSPS) is 10.8. The van der Waals surface area contributed by atoms with E-state index in [1.807, 2.05) is 12.1 Å². The summed E-state index contributed by atoms with van der Waals surface area (Å²) >= 11 is 5.83. The van der Waals surface area contributed by atoms with E-state index < -0.39 is 0 Å². The summed E-state index contributed by atoms with van der Waals surface area (Å²) in [5.74, 6) is 0.655. The Morgan fingerprint density at radius 1 is 1.00 bits per heavy atom. The first-order valence-corrected chi connectivity index (χ1v) is 7.79. The van der Waals surface area contributed by atoms with Crippen molar-refractivity contribution in [3.8, 4) is 11.6 Å². The molecule has 25 heavy (non-hydrogen) atoms. The van der Waals surface area contributed by atoms with Crippen LogP contribution in [-0.2, 0) is 0 Å². The topological polar surface area (TPSA) is 72.1 Å². The lowest BCUT2D eigenvalue weighted by atomic mass is 10.1. The van der Waals surface area contributed by atoms with E-state index in [0.29, 0.717) is 16.3 Å². The number of hydrogen-bond acceptors (Lipinski definition) is 4. The molecule has 0 unspecified atom stereocenters. The van der Waals surface area contributed by atoms with Crippen LogP contribution in [0, 0.1) is 0 Å². The van der Waals surface area contributed by atoms with Gasteiger partial charge in [0.25, 0.3) is 5.56 Å². The molecule has 0 bridgehead atoms. The number of rotatable bonds is 5. The summed E-state index contributed by atoms with van der Waals surface area (Å²) in [6.07, 6.45) is 3.23. The minimum absolute atomic E-state index is 0.122. The second kappa shape index (κ2) is 7.59. The van der Waals surface area contributed by atoms with Crippen molar-refractivity contribution in [3.05, 3.63) is 93.2 Å². The molecule has 0 radical (unpaired) electrons. The number of benzene rings is 2. The van der Waals surface area contributed by atoms with Gasteiger partial charge in [0, 0.05) is 22.7 Å². The van der Waals surface area contributed by atoms with Gasteiger partial charge in [-0.05, 0) is 48.0 Å². The zero-order chi connectivity index (χ0) is 17.6. The van der Waals surface area contributed by atoms with E-state index in [1.165, 1.54) is 18.2 Å². The summed E-state index contributed by atoms with van der Waals surface area (Å²) in [5, 5.41) is 6.69. The highest BCUT2D eigenvalue weighted by atomic mass is 35.5. The molecule has 0 amide bonds. The maximum absolute atomic E-state index is 12.2. The smallest absolute Gasteiger partial charge is 0.264 e. The molecule has 0 saturated heterocycles. The second-order valence-corrected chi connectivity index (χ2v) is 5.57. The number of halogens is 1. The molecular weight excluding hydrogens is 340 g/mol. The third-order valence-electron chi connectivity index (χ3n) is 3.31. The number of nitrogens with one attached hydrogen (secondary N) is 1. The van der Waals surface area contributed by atoms with Crippen LogP contribution in [0.25, 0.3) is 6.08 Å². The van der Waals surface area contributed by atoms with E-state index >= 15 is 0 Å². The van der Waals surface area contributed by atoms with E-state index in [-0.39, 0.29) is 17.2 Å². The molecule has 6 heteroatoms. The van der Waals surface area contributed by atoms with Crippen molar-refractivity contribution in [1.29, 1.82) is 0 Å². The number of allylic oxidation sites excluding steroid dienone is 1. The van der Waals surface area contributed by atoms with Crippen LogP contribution in [0.3, 0.4) is 0 Å². The van der Waals surface area contributed by atoms with Crippen molar-refractivity contribution in [2.45, 2.75) is 0 Å². The molecule has 0 atom stereocenters. The van der Waals surface area contributed by atoms with Gasteiger partial charge in [-0.2, -0.15) is 0 Å². The summed E-state index contributed by atoms with van der Waals surface area (Å²) in [6.45, 7) is 0. The Balaban J connectivity index is 1.66. The first-order chi connectivity index (χ1) is 12.1. The van der Waals surface area contributed by atoms with E-state index in [9.17, 15) is 9.59 Å². The van der Waals surface area contributed by atoms with Gasteiger partial charge in [-0.1, -0.05) is 29.8 Å². The highest BCUT2D eigenvalue weighted by molar-refractivity contribution is 6.30. The van der Waals surface area contributed by atoms with E-state index in [1.54, 1.807) is 42.5 Å². The van der Waals surface area contributed by atoms with Crippen LogP contribution in [0.4, 0.5) is 0 Å². The number of carbonyl (C=O) groups excluding carboxylic acids is 1. The van der Waals surface area contributed by atoms with Crippen LogP contribution in [0.1, 0.15) is 15.9 Å². The molecule has 1 heterocycles.